The number of rotatable bonds is 2. The van der Waals surface area contributed by atoms with Crippen molar-refractivity contribution in [1.82, 2.24) is 5.06 Å². The van der Waals surface area contributed by atoms with E-state index in [9.17, 15) is 4.79 Å². The first-order valence-electron chi connectivity index (χ1n) is 5.41. The van der Waals surface area contributed by atoms with E-state index in [-0.39, 0.29) is 17.0 Å². The molecule has 0 aromatic carbocycles. The molecule has 0 spiro atoms. The Bertz CT molecular complexity index is 261. The van der Waals surface area contributed by atoms with Gasteiger partial charge in [0.25, 0.3) is 5.91 Å². The SMILES string of the molecule is CC(C)(C)[Si](C)(C)ON1CCC(N)C1=O. The predicted octanol–water partition coefficient (Wildman–Crippen LogP) is 1.48. The Labute approximate surface area is 92.9 Å². The van der Waals surface area contributed by atoms with Crippen LogP contribution in [0.15, 0.2) is 0 Å². The lowest BCUT2D eigenvalue weighted by molar-refractivity contribution is -0.153. The summed E-state index contributed by atoms with van der Waals surface area (Å²) in [4.78, 5) is 11.6. The molecule has 5 heteroatoms. The number of nitrogens with two attached hydrogens (primary N) is 1. The van der Waals surface area contributed by atoms with Gasteiger partial charge in [-0.1, -0.05) is 20.8 Å². The van der Waals surface area contributed by atoms with Crippen LogP contribution in [-0.4, -0.2) is 31.9 Å². The number of amides is 1. The molecule has 15 heavy (non-hydrogen) atoms. The van der Waals surface area contributed by atoms with Crippen molar-refractivity contribution in [2.75, 3.05) is 6.54 Å². The van der Waals surface area contributed by atoms with Crippen molar-refractivity contribution in [2.24, 2.45) is 5.73 Å². The molecule has 1 saturated heterocycles. The van der Waals surface area contributed by atoms with Crippen LogP contribution in [0.5, 0.6) is 0 Å². The van der Waals surface area contributed by atoms with Gasteiger partial charge in [0.15, 0.2) is 0 Å². The largest absolute Gasteiger partial charge is 0.320 e. The van der Waals surface area contributed by atoms with Crippen LogP contribution in [-0.2, 0) is 9.32 Å². The number of carbonyl (C=O) groups is 1. The van der Waals surface area contributed by atoms with Gasteiger partial charge in [0, 0.05) is 6.54 Å². The number of hydroxylamine groups is 2. The number of carbonyl (C=O) groups excluding carboxylic acids is 1. The molecular weight excluding hydrogens is 208 g/mol. The third-order valence-electron chi connectivity index (χ3n) is 3.35. The molecule has 0 aromatic heterocycles. The van der Waals surface area contributed by atoms with E-state index in [1.807, 2.05) is 0 Å². The fourth-order valence-electron chi connectivity index (χ4n) is 1.18. The minimum absolute atomic E-state index is 0.0696. The van der Waals surface area contributed by atoms with E-state index >= 15 is 0 Å². The van der Waals surface area contributed by atoms with E-state index in [0.717, 1.165) is 0 Å². The molecule has 1 fully saturated rings. The van der Waals surface area contributed by atoms with Crippen molar-refractivity contribution in [3.63, 3.8) is 0 Å². The van der Waals surface area contributed by atoms with Crippen LogP contribution in [0.1, 0.15) is 27.2 Å². The Morgan fingerprint density at radius 2 is 2.00 bits per heavy atom. The Morgan fingerprint density at radius 1 is 1.47 bits per heavy atom. The van der Waals surface area contributed by atoms with Gasteiger partial charge in [-0.2, -0.15) is 0 Å². The van der Waals surface area contributed by atoms with E-state index < -0.39 is 8.32 Å². The molecule has 1 rings (SSSR count). The van der Waals surface area contributed by atoms with Crippen LogP contribution in [0.2, 0.25) is 18.1 Å². The molecule has 1 aliphatic rings. The van der Waals surface area contributed by atoms with Crippen molar-refractivity contribution in [3.8, 4) is 0 Å². The first kappa shape index (κ1) is 12.7. The summed E-state index contributed by atoms with van der Waals surface area (Å²) < 4.78 is 5.89. The molecule has 0 aromatic rings. The van der Waals surface area contributed by atoms with Gasteiger partial charge >= 0.3 is 0 Å². The molecule has 1 atom stereocenters. The normalized spacial score (nSPS) is 23.7. The van der Waals surface area contributed by atoms with Crippen molar-refractivity contribution >= 4 is 14.2 Å². The Morgan fingerprint density at radius 3 is 2.33 bits per heavy atom. The maximum atomic E-state index is 11.6. The summed E-state index contributed by atoms with van der Waals surface area (Å²) in [6, 6.07) is -0.366. The van der Waals surface area contributed by atoms with Crippen molar-refractivity contribution < 1.29 is 9.32 Å². The second-order valence-corrected chi connectivity index (χ2v) is 10.4. The molecule has 4 nitrogen and oxygen atoms in total. The first-order chi connectivity index (χ1) is 6.65. The van der Waals surface area contributed by atoms with Crippen LogP contribution in [0, 0.1) is 0 Å². The van der Waals surface area contributed by atoms with Gasteiger partial charge in [0.1, 0.15) is 0 Å². The monoisotopic (exact) mass is 230 g/mol. The van der Waals surface area contributed by atoms with Gasteiger partial charge in [0.05, 0.1) is 6.04 Å². The van der Waals surface area contributed by atoms with Crippen molar-refractivity contribution in [3.05, 3.63) is 0 Å². The zero-order chi connectivity index (χ0) is 11.9. The minimum atomic E-state index is -1.89. The fourth-order valence-corrected chi connectivity index (χ4v) is 2.18. The minimum Gasteiger partial charge on any atom is -0.320 e. The maximum absolute atomic E-state index is 11.6. The van der Waals surface area contributed by atoms with Gasteiger partial charge in [-0.25, -0.2) is 5.06 Å². The number of hydrogen-bond donors (Lipinski definition) is 1. The van der Waals surface area contributed by atoms with Crippen LogP contribution in [0.25, 0.3) is 0 Å². The highest BCUT2D eigenvalue weighted by molar-refractivity contribution is 6.74. The molecule has 1 amide bonds. The van der Waals surface area contributed by atoms with Gasteiger partial charge in [-0.3, -0.25) is 4.79 Å². The molecule has 1 unspecified atom stereocenters. The molecule has 2 N–H and O–H groups in total. The second kappa shape index (κ2) is 3.88. The van der Waals surface area contributed by atoms with Crippen LogP contribution in [0.4, 0.5) is 0 Å². The van der Waals surface area contributed by atoms with Crippen molar-refractivity contribution in [2.45, 2.75) is 51.4 Å². The molecule has 0 saturated carbocycles. The highest BCUT2D eigenvalue weighted by Crippen LogP contribution is 2.37. The number of nitrogens with zero attached hydrogens (tertiary/aromatic N) is 1. The summed E-state index contributed by atoms with van der Waals surface area (Å²) >= 11 is 0. The third kappa shape index (κ3) is 2.59. The zero-order valence-electron chi connectivity index (χ0n) is 10.3. The smallest absolute Gasteiger partial charge is 0.262 e. The maximum Gasteiger partial charge on any atom is 0.262 e. The molecular formula is C10H22N2O2Si. The highest BCUT2D eigenvalue weighted by atomic mass is 28.4. The predicted molar refractivity (Wildman–Crippen MR) is 62.6 cm³/mol. The van der Waals surface area contributed by atoms with E-state index in [1.54, 1.807) is 0 Å². The molecule has 0 bridgehead atoms. The molecule has 1 heterocycles. The summed E-state index contributed by atoms with van der Waals surface area (Å²) in [5, 5.41) is 1.59. The van der Waals surface area contributed by atoms with Crippen LogP contribution >= 0.6 is 0 Å². The van der Waals surface area contributed by atoms with Gasteiger partial charge in [-0.05, 0) is 24.6 Å². The van der Waals surface area contributed by atoms with E-state index in [4.69, 9.17) is 10.3 Å². The fraction of sp³-hybridized carbons (Fsp3) is 0.900. The van der Waals surface area contributed by atoms with Gasteiger partial charge in [-0.15, -0.1) is 0 Å². The lowest BCUT2D eigenvalue weighted by Gasteiger charge is -2.38. The Kier molecular flexibility index (Phi) is 3.28. The number of hydrogen-bond acceptors (Lipinski definition) is 3. The molecule has 1 aliphatic heterocycles. The standard InChI is InChI=1S/C10H22N2O2Si/c1-10(2,3)15(4,5)14-12-7-6-8(11)9(12)13/h8H,6-7,11H2,1-5H3. The summed E-state index contributed by atoms with van der Waals surface area (Å²) in [6.45, 7) is 11.3. The summed E-state index contributed by atoms with van der Waals surface area (Å²) in [5.41, 5.74) is 5.64. The third-order valence-corrected chi connectivity index (χ3v) is 7.64. The van der Waals surface area contributed by atoms with Gasteiger partial charge < -0.3 is 10.3 Å². The van der Waals surface area contributed by atoms with Gasteiger partial charge in [0.2, 0.25) is 8.32 Å². The quantitative estimate of drug-likeness (QED) is 0.731. The Hall–Kier alpha value is -0.393. The highest BCUT2D eigenvalue weighted by Gasteiger charge is 2.42. The molecule has 0 aliphatic carbocycles. The summed E-state index contributed by atoms with van der Waals surface area (Å²) in [6.07, 6.45) is 0.702. The Balaban J connectivity index is 2.67. The first-order valence-corrected chi connectivity index (χ1v) is 8.32. The summed E-state index contributed by atoms with van der Waals surface area (Å²) in [7, 11) is -1.89. The van der Waals surface area contributed by atoms with Crippen molar-refractivity contribution in [1.29, 1.82) is 0 Å². The molecule has 0 radical (unpaired) electrons. The molecule has 88 valence electrons. The second-order valence-electron chi connectivity index (χ2n) is 5.69. The zero-order valence-corrected chi connectivity index (χ0v) is 11.3. The van der Waals surface area contributed by atoms with E-state index in [0.29, 0.717) is 13.0 Å². The lowest BCUT2D eigenvalue weighted by atomic mass is 10.2. The lowest BCUT2D eigenvalue weighted by Crippen LogP contribution is -2.48. The van der Waals surface area contributed by atoms with E-state index in [1.165, 1.54) is 5.06 Å². The topological polar surface area (TPSA) is 55.6 Å². The average Bonchev–Trinajstić information content (AvgIpc) is 2.33. The average molecular weight is 230 g/mol. The summed E-state index contributed by atoms with van der Waals surface area (Å²) in [5.74, 6) is -0.0696. The van der Waals surface area contributed by atoms with Crippen LogP contribution < -0.4 is 5.73 Å². The van der Waals surface area contributed by atoms with Crippen LogP contribution in [0.3, 0.4) is 0 Å². The van der Waals surface area contributed by atoms with E-state index in [2.05, 4.69) is 33.9 Å².